The van der Waals surface area contributed by atoms with Crippen LogP contribution < -0.4 is 0 Å². The Balaban J connectivity index is -0.000000329. The summed E-state index contributed by atoms with van der Waals surface area (Å²) in [4.78, 5) is 0. The molecule has 0 rings (SSSR count). The normalized spacial score (nSPS) is 12.4. The first-order valence-corrected chi connectivity index (χ1v) is 30.3. The Morgan fingerprint density at radius 1 is 0.327 bits per heavy atom. The fourth-order valence-corrected chi connectivity index (χ4v) is 9.14. The molecule has 0 atom stereocenters. The van der Waals surface area contributed by atoms with Gasteiger partial charge in [-0.15, -0.1) is 0 Å². The van der Waals surface area contributed by atoms with Crippen molar-refractivity contribution >= 4 is 89.2 Å². The Morgan fingerprint density at radius 2 is 0.442 bits per heavy atom. The van der Waals surface area contributed by atoms with Crippen molar-refractivity contribution in [2.75, 3.05) is 39.6 Å². The van der Waals surface area contributed by atoms with Gasteiger partial charge in [0.25, 0.3) is 0 Å². The van der Waals surface area contributed by atoms with Crippen LogP contribution in [0.2, 0.25) is 0 Å². The standard InChI is InChI=1S/3C12H27O2PS2.Fe/c3*1-11(2)7-5-9-13-15(16,17)14-10-6-8-12(3)4;/h3*11-12H,5-10H2,1-4H3,(H,16,17);/q;;;+3/p-3. The van der Waals surface area contributed by atoms with Gasteiger partial charge in [0.1, 0.15) is 0 Å². The van der Waals surface area contributed by atoms with Crippen LogP contribution in [0.1, 0.15) is 160 Å². The summed E-state index contributed by atoms with van der Waals surface area (Å²) in [7, 11) is 0. The minimum atomic E-state index is -2.40. The predicted octanol–water partition coefficient (Wildman–Crippen LogP) is 14.0. The van der Waals surface area contributed by atoms with Gasteiger partial charge in [-0.05, 0) is 113 Å². The van der Waals surface area contributed by atoms with Crippen LogP contribution in [-0.2, 0) is 116 Å². The van der Waals surface area contributed by atoms with Crippen molar-refractivity contribution in [3.8, 4) is 0 Å². The van der Waals surface area contributed by atoms with E-state index in [2.05, 4.69) is 83.1 Å². The Kier molecular flexibility index (Phi) is 45.8. The van der Waals surface area contributed by atoms with Gasteiger partial charge in [0.15, 0.2) is 0 Å². The number of rotatable bonds is 30. The molecule has 16 heteroatoms. The molecular formula is C36H78FeO6P3S6. The maximum Gasteiger partial charge on any atom is 3.00 e. The minimum absolute atomic E-state index is 0. The third kappa shape index (κ3) is 55.4. The fraction of sp³-hybridized carbons (Fsp3) is 1.00. The third-order valence-electron chi connectivity index (χ3n) is 7.05. The van der Waals surface area contributed by atoms with E-state index in [0.29, 0.717) is 75.1 Å². The van der Waals surface area contributed by atoms with Crippen LogP contribution >= 0.6 is 17.1 Å². The second-order valence-corrected chi connectivity index (χ2v) is 30.5. The third-order valence-corrected chi connectivity index (χ3v) is 13.8. The molecule has 0 aliphatic heterocycles. The van der Waals surface area contributed by atoms with E-state index in [1.165, 1.54) is 0 Å². The molecule has 0 heterocycles. The molecule has 0 saturated heterocycles. The van der Waals surface area contributed by atoms with E-state index in [9.17, 15) is 0 Å². The summed E-state index contributed by atoms with van der Waals surface area (Å²) in [6.07, 6.45) is 13.0. The molecule has 0 saturated carbocycles. The zero-order valence-corrected chi connectivity index (χ0v) is 43.5. The van der Waals surface area contributed by atoms with Crippen LogP contribution in [0.25, 0.3) is 0 Å². The first-order valence-electron chi connectivity index (χ1n) is 19.3. The molecule has 0 bridgehead atoms. The molecule has 0 unspecified atom stereocenters. The van der Waals surface area contributed by atoms with Gasteiger partial charge < -0.3 is 63.9 Å². The summed E-state index contributed by atoms with van der Waals surface area (Å²) in [5.41, 5.74) is -7.19. The van der Waals surface area contributed by atoms with Gasteiger partial charge >= 0.3 is 17.1 Å². The quantitative estimate of drug-likeness (QED) is 0.0298. The van der Waals surface area contributed by atoms with Crippen molar-refractivity contribution in [2.24, 2.45) is 35.5 Å². The van der Waals surface area contributed by atoms with E-state index in [4.69, 9.17) is 99.3 Å². The SMILES string of the molecule is CC(C)CCCOP(=S)([S-])OCCCC(C)C.CC(C)CCCOP(=S)([S-])OCCCC(C)C.CC(C)CCCOP(=S)([S-])OCCCC(C)C.[Fe+3]. The molecule has 6 nitrogen and oxygen atoms in total. The molecule has 0 aliphatic rings. The van der Waals surface area contributed by atoms with Gasteiger partial charge in [-0.1, -0.05) is 119 Å². The molecule has 0 aromatic rings. The topological polar surface area (TPSA) is 55.4 Å². The summed E-state index contributed by atoms with van der Waals surface area (Å²) >= 11 is 31.1. The molecule has 0 aromatic heterocycles. The van der Waals surface area contributed by atoms with Crippen molar-refractivity contribution in [1.29, 1.82) is 0 Å². The monoisotopic (exact) mass is 947 g/mol. The van der Waals surface area contributed by atoms with Crippen LogP contribution in [0.15, 0.2) is 0 Å². The van der Waals surface area contributed by atoms with Gasteiger partial charge in [0.2, 0.25) is 0 Å². The van der Waals surface area contributed by atoms with E-state index in [1.54, 1.807) is 0 Å². The van der Waals surface area contributed by atoms with E-state index in [0.717, 1.165) is 77.0 Å². The van der Waals surface area contributed by atoms with Crippen molar-refractivity contribution < 1.29 is 44.2 Å². The Bertz CT molecular complexity index is 759. The molecule has 0 spiro atoms. The largest absolute Gasteiger partial charge is 3.00 e. The maximum absolute atomic E-state index is 5.51. The smallest absolute Gasteiger partial charge is 0.691 e. The number of hydrogen-bond donors (Lipinski definition) is 0. The molecule has 0 N–H and O–H groups in total. The molecule has 0 fully saturated rings. The average molecular weight is 948 g/mol. The predicted molar refractivity (Wildman–Crippen MR) is 245 cm³/mol. The van der Waals surface area contributed by atoms with E-state index < -0.39 is 17.1 Å². The zero-order valence-electron chi connectivity index (χ0n) is 34.8. The van der Waals surface area contributed by atoms with Crippen molar-refractivity contribution in [3.63, 3.8) is 0 Å². The van der Waals surface area contributed by atoms with Gasteiger partial charge in [-0.25, -0.2) is 0 Å². The zero-order chi connectivity index (χ0) is 39.9. The van der Waals surface area contributed by atoms with Crippen molar-refractivity contribution in [2.45, 2.75) is 160 Å². The fourth-order valence-electron chi connectivity index (χ4n) is 4.12. The molecule has 52 heavy (non-hydrogen) atoms. The van der Waals surface area contributed by atoms with Crippen molar-refractivity contribution in [3.05, 3.63) is 0 Å². The summed E-state index contributed by atoms with van der Waals surface area (Å²) in [5.74, 6) is 4.21. The molecule has 0 aliphatic carbocycles. The summed E-state index contributed by atoms with van der Waals surface area (Å²) in [6, 6.07) is 0. The summed E-state index contributed by atoms with van der Waals surface area (Å²) < 4.78 is 33.0. The van der Waals surface area contributed by atoms with Crippen LogP contribution in [0.5, 0.6) is 0 Å². The maximum atomic E-state index is 5.51. The first-order chi connectivity index (χ1) is 23.5. The summed E-state index contributed by atoms with van der Waals surface area (Å²) in [6.45, 7) is 30.3. The second kappa shape index (κ2) is 38.5. The molecule has 1 radical (unpaired) electrons. The average Bonchev–Trinajstić information content (AvgIpc) is 2.99. The van der Waals surface area contributed by atoms with Crippen LogP contribution in [0.4, 0.5) is 0 Å². The van der Waals surface area contributed by atoms with Crippen molar-refractivity contribution in [1.82, 2.24) is 0 Å². The van der Waals surface area contributed by atoms with Gasteiger partial charge in [0, 0.05) is 0 Å². The Morgan fingerprint density at radius 3 is 0.538 bits per heavy atom. The first kappa shape index (κ1) is 61.9. The van der Waals surface area contributed by atoms with Crippen LogP contribution in [0.3, 0.4) is 0 Å². The molecule has 317 valence electrons. The minimum Gasteiger partial charge on any atom is -0.691 e. The van der Waals surface area contributed by atoms with E-state index >= 15 is 0 Å². The summed E-state index contributed by atoms with van der Waals surface area (Å²) in [5, 5.41) is 0. The Hall–Kier alpha value is 3.28. The van der Waals surface area contributed by atoms with Gasteiger partial charge in [-0.2, -0.15) is 0 Å². The van der Waals surface area contributed by atoms with E-state index in [-0.39, 0.29) is 17.1 Å². The van der Waals surface area contributed by atoms with Crippen LogP contribution in [0, 0.1) is 35.5 Å². The second-order valence-electron chi connectivity index (χ2n) is 15.6. The molecular weight excluding hydrogens is 870 g/mol. The Labute approximate surface area is 365 Å². The number of hydrogen-bond acceptors (Lipinski definition) is 12. The van der Waals surface area contributed by atoms with E-state index in [1.807, 2.05) is 0 Å². The molecule has 0 amide bonds. The van der Waals surface area contributed by atoms with Gasteiger partial charge in [0.05, 0.1) is 56.7 Å². The van der Waals surface area contributed by atoms with Crippen LogP contribution in [-0.4, -0.2) is 39.6 Å². The van der Waals surface area contributed by atoms with Gasteiger partial charge in [-0.3, -0.25) is 0 Å². The molecule has 0 aromatic carbocycles.